The monoisotopic (exact) mass is 385 g/mol. The Labute approximate surface area is 169 Å². The number of ether oxygens (including phenoxy) is 1. The number of hydrogen-bond acceptors (Lipinski definition) is 5. The van der Waals surface area contributed by atoms with E-state index >= 15 is 0 Å². The van der Waals surface area contributed by atoms with Crippen molar-refractivity contribution < 1.29 is 4.74 Å². The Morgan fingerprint density at radius 2 is 1.97 bits per heavy atom. The van der Waals surface area contributed by atoms with Crippen molar-refractivity contribution in [1.82, 2.24) is 24.7 Å². The van der Waals surface area contributed by atoms with E-state index in [1.54, 1.807) is 7.11 Å². The van der Waals surface area contributed by atoms with E-state index in [1.807, 2.05) is 41.3 Å². The zero-order chi connectivity index (χ0) is 19.6. The molecule has 29 heavy (non-hydrogen) atoms. The maximum atomic E-state index is 5.35. The molecule has 0 bridgehead atoms. The molecule has 0 amide bonds. The van der Waals surface area contributed by atoms with Gasteiger partial charge < -0.3 is 4.74 Å². The highest BCUT2D eigenvalue weighted by molar-refractivity contribution is 5.67. The van der Waals surface area contributed by atoms with Gasteiger partial charge in [0, 0.05) is 30.7 Å². The van der Waals surface area contributed by atoms with E-state index < -0.39 is 0 Å². The summed E-state index contributed by atoms with van der Waals surface area (Å²) in [6.45, 7) is 1.99. The summed E-state index contributed by atoms with van der Waals surface area (Å²) < 4.78 is 7.25. The first-order valence-corrected chi connectivity index (χ1v) is 9.94. The smallest absolute Gasteiger partial charge is 0.119 e. The number of likely N-dealkylation sites (tertiary alicyclic amines) is 1. The van der Waals surface area contributed by atoms with Gasteiger partial charge in [-0.1, -0.05) is 23.4 Å². The lowest BCUT2D eigenvalue weighted by atomic mass is 10.1. The van der Waals surface area contributed by atoms with Gasteiger partial charge in [-0.3, -0.25) is 9.88 Å². The summed E-state index contributed by atoms with van der Waals surface area (Å²) in [5.74, 6) is 0.847. The van der Waals surface area contributed by atoms with Crippen molar-refractivity contribution in [1.29, 1.82) is 0 Å². The van der Waals surface area contributed by atoms with Crippen molar-refractivity contribution in [3.63, 3.8) is 0 Å². The van der Waals surface area contributed by atoms with Crippen LogP contribution in [0.15, 0.2) is 67.1 Å². The normalized spacial score (nSPS) is 17.1. The first-order chi connectivity index (χ1) is 14.3. The predicted octanol–water partition coefficient (Wildman–Crippen LogP) is 4.14. The lowest BCUT2D eigenvalue weighted by molar-refractivity contribution is 0.245. The van der Waals surface area contributed by atoms with Crippen molar-refractivity contribution in [2.75, 3.05) is 13.7 Å². The van der Waals surface area contributed by atoms with E-state index in [1.165, 1.54) is 12.0 Å². The minimum absolute atomic E-state index is 0.295. The highest BCUT2D eigenvalue weighted by Gasteiger charge is 2.29. The predicted molar refractivity (Wildman–Crippen MR) is 112 cm³/mol. The van der Waals surface area contributed by atoms with Crippen LogP contribution < -0.4 is 4.74 Å². The molecule has 1 fully saturated rings. The maximum absolute atomic E-state index is 5.35. The van der Waals surface area contributed by atoms with E-state index in [0.717, 1.165) is 47.6 Å². The van der Waals surface area contributed by atoms with Crippen LogP contribution in [0.2, 0.25) is 0 Å². The highest BCUT2D eigenvalue weighted by atomic mass is 16.5. The van der Waals surface area contributed by atoms with E-state index in [4.69, 9.17) is 4.74 Å². The molecule has 0 aliphatic carbocycles. The number of pyridine rings is 2. The summed E-state index contributed by atoms with van der Waals surface area (Å²) in [7, 11) is 1.69. The minimum Gasteiger partial charge on any atom is -0.497 e. The first kappa shape index (κ1) is 17.8. The first-order valence-electron chi connectivity index (χ1n) is 9.94. The molecule has 0 spiro atoms. The van der Waals surface area contributed by atoms with Gasteiger partial charge in [0.25, 0.3) is 0 Å². The van der Waals surface area contributed by atoms with E-state index in [9.17, 15) is 0 Å². The Balaban J connectivity index is 1.45. The van der Waals surface area contributed by atoms with Crippen LogP contribution in [0.25, 0.3) is 16.6 Å². The third-order valence-electron chi connectivity index (χ3n) is 5.66. The van der Waals surface area contributed by atoms with Crippen LogP contribution in [0.3, 0.4) is 0 Å². The van der Waals surface area contributed by atoms with Crippen LogP contribution in [0.4, 0.5) is 0 Å². The Hall–Kier alpha value is -3.25. The lowest BCUT2D eigenvalue weighted by Crippen LogP contribution is -2.23. The Bertz CT molecular complexity index is 1120. The number of methoxy groups -OCH3 is 1. The van der Waals surface area contributed by atoms with Gasteiger partial charge in [-0.15, -0.1) is 5.10 Å². The molecule has 0 radical (unpaired) electrons. The molecular formula is C23H23N5O. The molecule has 4 heterocycles. The van der Waals surface area contributed by atoms with E-state index in [2.05, 4.69) is 50.5 Å². The second kappa shape index (κ2) is 7.64. The summed E-state index contributed by atoms with van der Waals surface area (Å²) in [6, 6.07) is 16.8. The number of aromatic nitrogens is 4. The summed E-state index contributed by atoms with van der Waals surface area (Å²) in [5, 5.41) is 9.00. The van der Waals surface area contributed by atoms with Crippen molar-refractivity contribution in [3.8, 4) is 16.9 Å². The van der Waals surface area contributed by atoms with Gasteiger partial charge in [0.05, 0.1) is 18.7 Å². The lowest BCUT2D eigenvalue weighted by Gasteiger charge is -2.23. The SMILES string of the molecule is COc1cccc(-c2ccc3c([C@H]4CCCN4Cc4ccncc4)nnn3c2)c1. The van der Waals surface area contributed by atoms with Gasteiger partial charge in [0.15, 0.2) is 0 Å². The average Bonchev–Trinajstić information content (AvgIpc) is 3.40. The molecule has 146 valence electrons. The standard InChI is InChI=1S/C23H23N5O/c1-29-20-5-2-4-18(14-20)19-7-8-22-23(25-26-28(22)16-19)21-6-3-13-27(21)15-17-9-11-24-12-10-17/h2,4-5,7-12,14,16,21H,3,6,13,15H2,1H3/t21-/m1/s1. The topological polar surface area (TPSA) is 55.5 Å². The third kappa shape index (κ3) is 3.47. The fourth-order valence-corrected chi connectivity index (χ4v) is 4.17. The van der Waals surface area contributed by atoms with Crippen molar-refractivity contribution >= 4 is 5.52 Å². The zero-order valence-corrected chi connectivity index (χ0v) is 16.4. The average molecular weight is 385 g/mol. The summed E-state index contributed by atoms with van der Waals surface area (Å²) in [6.07, 6.45) is 8.04. The molecule has 1 aromatic carbocycles. The number of rotatable bonds is 5. The van der Waals surface area contributed by atoms with Gasteiger partial charge >= 0.3 is 0 Å². The second-order valence-electron chi connectivity index (χ2n) is 7.44. The molecule has 3 aromatic heterocycles. The van der Waals surface area contributed by atoms with Crippen molar-refractivity contribution in [3.05, 3.63) is 78.4 Å². The van der Waals surface area contributed by atoms with Crippen molar-refractivity contribution in [2.45, 2.75) is 25.4 Å². The maximum Gasteiger partial charge on any atom is 0.119 e. The molecule has 1 aliphatic rings. The van der Waals surface area contributed by atoms with Gasteiger partial charge in [-0.05, 0) is 60.8 Å². The van der Waals surface area contributed by atoms with Crippen LogP contribution in [0.1, 0.15) is 30.1 Å². The van der Waals surface area contributed by atoms with Gasteiger partial charge in [-0.2, -0.15) is 0 Å². The van der Waals surface area contributed by atoms with Crippen molar-refractivity contribution in [2.24, 2.45) is 0 Å². The molecule has 1 atom stereocenters. The van der Waals surface area contributed by atoms with Gasteiger partial charge in [-0.25, -0.2) is 4.52 Å². The molecule has 1 aliphatic heterocycles. The summed E-state index contributed by atoms with van der Waals surface area (Å²) >= 11 is 0. The molecule has 1 saturated heterocycles. The highest BCUT2D eigenvalue weighted by Crippen LogP contribution is 2.34. The second-order valence-corrected chi connectivity index (χ2v) is 7.44. The zero-order valence-electron chi connectivity index (χ0n) is 16.4. The molecule has 6 heteroatoms. The van der Waals surface area contributed by atoms with Gasteiger partial charge in [0.2, 0.25) is 0 Å². The van der Waals surface area contributed by atoms with Crippen LogP contribution in [0.5, 0.6) is 5.75 Å². The summed E-state index contributed by atoms with van der Waals surface area (Å²) in [5.41, 5.74) is 5.61. The Kier molecular flexibility index (Phi) is 4.69. The molecular weight excluding hydrogens is 362 g/mol. The van der Waals surface area contributed by atoms with E-state index in [-0.39, 0.29) is 0 Å². The fraction of sp³-hybridized carbons (Fsp3) is 0.261. The molecule has 6 nitrogen and oxygen atoms in total. The third-order valence-corrected chi connectivity index (χ3v) is 5.66. The van der Waals surface area contributed by atoms with Crippen LogP contribution >= 0.6 is 0 Å². The molecule has 4 aromatic rings. The van der Waals surface area contributed by atoms with Crippen LogP contribution in [-0.2, 0) is 6.54 Å². The van der Waals surface area contributed by atoms with E-state index in [0.29, 0.717) is 6.04 Å². The largest absolute Gasteiger partial charge is 0.497 e. The number of nitrogens with zero attached hydrogens (tertiary/aromatic N) is 5. The quantitative estimate of drug-likeness (QED) is 0.517. The Morgan fingerprint density at radius 1 is 1.07 bits per heavy atom. The fourth-order valence-electron chi connectivity index (χ4n) is 4.17. The number of benzene rings is 1. The number of hydrogen-bond donors (Lipinski definition) is 0. The Morgan fingerprint density at radius 3 is 2.83 bits per heavy atom. The number of fused-ring (bicyclic) bond motifs is 1. The minimum atomic E-state index is 0.295. The van der Waals surface area contributed by atoms with Gasteiger partial charge in [0.1, 0.15) is 11.4 Å². The molecule has 0 N–H and O–H groups in total. The van der Waals surface area contributed by atoms with Crippen LogP contribution in [0, 0.1) is 0 Å². The molecule has 0 unspecified atom stereocenters. The molecule has 5 rings (SSSR count). The van der Waals surface area contributed by atoms with Crippen LogP contribution in [-0.4, -0.2) is 38.4 Å². The molecule has 0 saturated carbocycles. The summed E-state index contributed by atoms with van der Waals surface area (Å²) in [4.78, 5) is 6.62.